The molecule has 1 aliphatic rings. The van der Waals surface area contributed by atoms with Crippen LogP contribution in [0, 0.1) is 0 Å². The lowest BCUT2D eigenvalue weighted by molar-refractivity contribution is -0.200. The third-order valence-corrected chi connectivity index (χ3v) is 12.4. The number of rotatable bonds is 9. The van der Waals surface area contributed by atoms with Crippen LogP contribution in [0.3, 0.4) is 0 Å². The maximum Gasteiger partial charge on any atom is 0.308 e. The number of ether oxygens (including phenoxy) is 3. The van der Waals surface area contributed by atoms with Gasteiger partial charge in [-0.3, -0.25) is 9.59 Å². The second kappa shape index (κ2) is 12.4. The highest BCUT2D eigenvalue weighted by molar-refractivity contribution is 6.99. The monoisotopic (exact) mass is 546 g/mol. The van der Waals surface area contributed by atoms with Crippen molar-refractivity contribution in [3.8, 4) is 5.75 Å². The molecule has 3 aromatic carbocycles. The van der Waals surface area contributed by atoms with Gasteiger partial charge in [0.2, 0.25) is 0 Å². The van der Waals surface area contributed by atoms with E-state index in [1.165, 1.54) is 17.3 Å². The first-order valence-corrected chi connectivity index (χ1v) is 15.3. The van der Waals surface area contributed by atoms with Gasteiger partial charge in [0.25, 0.3) is 8.32 Å². The van der Waals surface area contributed by atoms with Gasteiger partial charge in [-0.15, -0.1) is 0 Å². The standard InChI is InChI=1S/C32H38O6Si/c1-23(34)36-26-17-16-24(22-33)25(18-26)19-27-20-28(21-31(35-5)37-27)38-39(32(2,3)4,29-12-8-6-9-13-29)30-14-10-7-11-15-30/h6-18,22,27-28,31H,19-21H2,1-5H3/t27-,28+,31?/m1/s1. The minimum absolute atomic E-state index is 0.128. The van der Waals surface area contributed by atoms with E-state index in [1.54, 1.807) is 25.3 Å². The van der Waals surface area contributed by atoms with Crippen molar-refractivity contribution in [3.05, 3.63) is 90.0 Å². The summed E-state index contributed by atoms with van der Waals surface area (Å²) in [6, 6.07) is 26.2. The maximum atomic E-state index is 11.8. The summed E-state index contributed by atoms with van der Waals surface area (Å²) in [6.45, 7) is 8.15. The number of esters is 1. The zero-order valence-electron chi connectivity index (χ0n) is 23.4. The lowest BCUT2D eigenvalue weighted by Crippen LogP contribution is -2.68. The number of hydrogen-bond donors (Lipinski definition) is 0. The van der Waals surface area contributed by atoms with Crippen LogP contribution in [0.1, 0.15) is 56.5 Å². The summed E-state index contributed by atoms with van der Waals surface area (Å²) in [7, 11) is -1.13. The van der Waals surface area contributed by atoms with E-state index in [9.17, 15) is 9.59 Å². The van der Waals surface area contributed by atoms with Crippen molar-refractivity contribution in [2.45, 2.75) is 70.5 Å². The molecule has 0 N–H and O–H groups in total. The Bertz CT molecular complexity index is 1220. The van der Waals surface area contributed by atoms with Crippen molar-refractivity contribution in [3.63, 3.8) is 0 Å². The number of hydrogen-bond acceptors (Lipinski definition) is 6. The van der Waals surface area contributed by atoms with Crippen LogP contribution in [0.15, 0.2) is 78.9 Å². The van der Waals surface area contributed by atoms with Crippen LogP contribution in [0.4, 0.5) is 0 Å². The normalized spacial score (nSPS) is 19.9. The topological polar surface area (TPSA) is 71.1 Å². The fourth-order valence-corrected chi connectivity index (χ4v) is 10.3. The zero-order valence-corrected chi connectivity index (χ0v) is 24.4. The smallest absolute Gasteiger partial charge is 0.308 e. The summed E-state index contributed by atoms with van der Waals surface area (Å²) in [6.07, 6.45) is 1.70. The molecule has 4 rings (SSSR count). The van der Waals surface area contributed by atoms with Crippen molar-refractivity contribution in [1.82, 2.24) is 0 Å². The third kappa shape index (κ3) is 6.56. The second-order valence-corrected chi connectivity index (χ2v) is 15.3. The Morgan fingerprint density at radius 3 is 2.10 bits per heavy atom. The molecule has 0 spiro atoms. The Labute approximate surface area is 232 Å². The number of benzene rings is 3. The van der Waals surface area contributed by atoms with E-state index in [0.717, 1.165) is 11.8 Å². The van der Waals surface area contributed by atoms with Gasteiger partial charge in [-0.05, 0) is 52.0 Å². The molecular formula is C32H38O6Si. The number of carbonyl (C=O) groups excluding carboxylic acids is 2. The predicted molar refractivity (Wildman–Crippen MR) is 154 cm³/mol. The minimum Gasteiger partial charge on any atom is -0.427 e. The average molecular weight is 547 g/mol. The summed E-state index contributed by atoms with van der Waals surface area (Å²) >= 11 is 0. The summed E-state index contributed by atoms with van der Waals surface area (Å²) in [5.41, 5.74) is 1.30. The molecule has 0 aromatic heterocycles. The Morgan fingerprint density at radius 1 is 0.974 bits per heavy atom. The van der Waals surface area contributed by atoms with Gasteiger partial charge in [0.1, 0.15) is 12.0 Å². The van der Waals surface area contributed by atoms with Gasteiger partial charge < -0.3 is 18.6 Å². The molecular weight excluding hydrogens is 508 g/mol. The Hall–Kier alpha value is -3.10. The Kier molecular flexibility index (Phi) is 9.18. The van der Waals surface area contributed by atoms with Crippen molar-refractivity contribution in [1.29, 1.82) is 0 Å². The van der Waals surface area contributed by atoms with Gasteiger partial charge in [0.15, 0.2) is 6.29 Å². The van der Waals surface area contributed by atoms with Gasteiger partial charge in [0, 0.05) is 26.0 Å². The van der Waals surface area contributed by atoms with Gasteiger partial charge >= 0.3 is 5.97 Å². The highest BCUT2D eigenvalue weighted by atomic mass is 28.4. The van der Waals surface area contributed by atoms with Crippen LogP contribution in [0.25, 0.3) is 0 Å². The van der Waals surface area contributed by atoms with Crippen molar-refractivity contribution in [2.24, 2.45) is 0 Å². The van der Waals surface area contributed by atoms with Gasteiger partial charge in [-0.1, -0.05) is 81.4 Å². The first-order chi connectivity index (χ1) is 18.7. The molecule has 3 atom stereocenters. The maximum absolute atomic E-state index is 11.8. The molecule has 1 unspecified atom stereocenters. The third-order valence-electron chi connectivity index (χ3n) is 7.30. The predicted octanol–water partition coefficient (Wildman–Crippen LogP) is 5.06. The van der Waals surface area contributed by atoms with E-state index >= 15 is 0 Å². The molecule has 0 saturated carbocycles. The van der Waals surface area contributed by atoms with Crippen LogP contribution in [-0.2, 0) is 25.1 Å². The lowest BCUT2D eigenvalue weighted by atomic mass is 9.96. The van der Waals surface area contributed by atoms with Crippen LogP contribution in [0.5, 0.6) is 5.75 Å². The molecule has 39 heavy (non-hydrogen) atoms. The number of aldehydes is 1. The van der Waals surface area contributed by atoms with Crippen LogP contribution < -0.4 is 15.1 Å². The molecule has 0 radical (unpaired) electrons. The first-order valence-electron chi connectivity index (χ1n) is 13.4. The lowest BCUT2D eigenvalue weighted by Gasteiger charge is -2.47. The summed E-state index contributed by atoms with van der Waals surface area (Å²) in [5, 5.41) is 2.28. The second-order valence-electron chi connectivity index (χ2n) is 11.1. The fourth-order valence-electron chi connectivity index (χ4n) is 5.60. The quantitative estimate of drug-likeness (QED) is 0.162. The molecule has 3 aromatic rings. The van der Waals surface area contributed by atoms with Gasteiger partial charge in [-0.25, -0.2) is 0 Å². The summed E-state index contributed by atoms with van der Waals surface area (Å²) in [4.78, 5) is 23.3. The van der Waals surface area contributed by atoms with Gasteiger partial charge in [-0.2, -0.15) is 0 Å². The fraction of sp³-hybridized carbons (Fsp3) is 0.375. The van der Waals surface area contributed by atoms with Crippen molar-refractivity contribution >= 4 is 30.9 Å². The Morgan fingerprint density at radius 2 is 1.59 bits per heavy atom. The number of carbonyl (C=O) groups is 2. The van der Waals surface area contributed by atoms with E-state index in [-0.39, 0.29) is 17.2 Å². The largest absolute Gasteiger partial charge is 0.427 e. The minimum atomic E-state index is -2.77. The highest BCUT2D eigenvalue weighted by Gasteiger charge is 2.52. The van der Waals surface area contributed by atoms with Crippen LogP contribution >= 0.6 is 0 Å². The molecule has 6 nitrogen and oxygen atoms in total. The summed E-state index contributed by atoms with van der Waals surface area (Å²) in [5.74, 6) is -0.00533. The van der Waals surface area contributed by atoms with E-state index < -0.39 is 20.6 Å². The van der Waals surface area contributed by atoms with Gasteiger partial charge in [0.05, 0.1) is 12.2 Å². The molecule has 206 valence electrons. The van der Waals surface area contributed by atoms with Crippen molar-refractivity contribution < 1.29 is 28.2 Å². The van der Waals surface area contributed by atoms with E-state index in [1.807, 2.05) is 12.1 Å². The molecule has 0 aliphatic carbocycles. The van der Waals surface area contributed by atoms with Crippen LogP contribution in [-0.4, -0.2) is 46.2 Å². The van der Waals surface area contributed by atoms with E-state index in [4.69, 9.17) is 18.6 Å². The van der Waals surface area contributed by atoms with Crippen molar-refractivity contribution in [2.75, 3.05) is 7.11 Å². The average Bonchev–Trinajstić information content (AvgIpc) is 2.91. The molecule has 1 fully saturated rings. The molecule has 1 aliphatic heterocycles. The molecule has 1 saturated heterocycles. The van der Waals surface area contributed by atoms with Crippen LogP contribution in [0.2, 0.25) is 5.04 Å². The molecule has 7 heteroatoms. The SMILES string of the molecule is COC1C[C@@H](O[Si](c2ccccc2)(c2ccccc2)C(C)(C)C)C[C@@H](Cc2cc(OC(C)=O)ccc2C=O)O1. The number of methoxy groups -OCH3 is 1. The molecule has 1 heterocycles. The molecule has 0 bridgehead atoms. The molecule has 0 amide bonds. The zero-order chi connectivity index (χ0) is 28.0. The highest BCUT2D eigenvalue weighted by Crippen LogP contribution is 2.39. The van der Waals surface area contributed by atoms with E-state index in [0.29, 0.717) is 30.6 Å². The first kappa shape index (κ1) is 28.9. The van der Waals surface area contributed by atoms with E-state index in [2.05, 4.69) is 69.3 Å². The summed E-state index contributed by atoms with van der Waals surface area (Å²) < 4.78 is 24.7. The Balaban J connectivity index is 1.69.